The minimum Gasteiger partial charge on any atom is -0.494 e. The van der Waals surface area contributed by atoms with Crippen molar-refractivity contribution in [1.82, 2.24) is 5.32 Å². The molecule has 0 heterocycles. The zero-order chi connectivity index (χ0) is 16.2. The lowest BCUT2D eigenvalue weighted by molar-refractivity contribution is -0.124. The number of hydrogen-bond donors (Lipinski definition) is 1. The minimum atomic E-state index is -0.0332. The molecule has 0 aliphatic heterocycles. The zero-order valence-corrected chi connectivity index (χ0v) is 14.1. The van der Waals surface area contributed by atoms with Crippen LogP contribution in [-0.2, 0) is 4.79 Å². The first-order valence-corrected chi connectivity index (χ1v) is 8.80. The van der Waals surface area contributed by atoms with Crippen molar-refractivity contribution in [2.75, 3.05) is 13.2 Å². The quantitative estimate of drug-likeness (QED) is 0.838. The van der Waals surface area contributed by atoms with E-state index in [-0.39, 0.29) is 18.6 Å². The topological polar surface area (TPSA) is 47.6 Å². The molecule has 0 spiro atoms. The second-order valence-corrected chi connectivity index (χ2v) is 6.89. The summed E-state index contributed by atoms with van der Waals surface area (Å²) in [5, 5.41) is 3.12. The minimum absolute atomic E-state index is 0.0332. The van der Waals surface area contributed by atoms with Crippen molar-refractivity contribution in [1.29, 1.82) is 0 Å². The Labute approximate surface area is 138 Å². The molecule has 1 N–H and O–H groups in total. The average molecular weight is 317 g/mol. The van der Waals surface area contributed by atoms with Crippen LogP contribution in [0.25, 0.3) is 0 Å². The summed E-state index contributed by atoms with van der Waals surface area (Å²) in [6, 6.07) is 7.63. The van der Waals surface area contributed by atoms with E-state index in [1.807, 2.05) is 31.2 Å². The van der Waals surface area contributed by atoms with Gasteiger partial charge in [0.1, 0.15) is 11.5 Å². The predicted octanol–water partition coefficient (Wildman–Crippen LogP) is 3.41. The maximum atomic E-state index is 12.1. The van der Waals surface area contributed by atoms with Crippen LogP contribution >= 0.6 is 0 Å². The zero-order valence-electron chi connectivity index (χ0n) is 14.1. The summed E-state index contributed by atoms with van der Waals surface area (Å²) in [5.74, 6) is 3.86. The Kier molecular flexibility index (Phi) is 5.09. The Balaban J connectivity index is 1.42. The number of amides is 1. The molecule has 2 fully saturated rings. The summed E-state index contributed by atoms with van der Waals surface area (Å²) < 4.78 is 10.9. The highest BCUT2D eigenvalue weighted by Crippen LogP contribution is 2.49. The number of nitrogens with one attached hydrogen (secondary N) is 1. The third kappa shape index (κ3) is 3.98. The fourth-order valence-corrected chi connectivity index (χ4v) is 4.26. The van der Waals surface area contributed by atoms with Crippen LogP contribution < -0.4 is 14.8 Å². The third-order valence-corrected chi connectivity index (χ3v) is 5.33. The van der Waals surface area contributed by atoms with Gasteiger partial charge in [0.05, 0.1) is 6.61 Å². The maximum absolute atomic E-state index is 12.1. The Morgan fingerprint density at radius 3 is 2.43 bits per heavy atom. The van der Waals surface area contributed by atoms with Crippen LogP contribution in [0.3, 0.4) is 0 Å². The molecule has 4 atom stereocenters. The molecule has 3 rings (SSSR count). The first kappa shape index (κ1) is 16.2. The molecule has 1 aromatic rings. The number of ether oxygens (including phenoxy) is 2. The molecule has 4 unspecified atom stereocenters. The second kappa shape index (κ2) is 7.24. The lowest BCUT2D eigenvalue weighted by Gasteiger charge is -2.28. The molecule has 1 aromatic carbocycles. The monoisotopic (exact) mass is 317 g/mol. The highest BCUT2D eigenvalue weighted by atomic mass is 16.5. The van der Waals surface area contributed by atoms with Crippen molar-refractivity contribution in [3.05, 3.63) is 24.3 Å². The smallest absolute Gasteiger partial charge is 0.258 e. The van der Waals surface area contributed by atoms with Gasteiger partial charge in [-0.1, -0.05) is 6.42 Å². The van der Waals surface area contributed by atoms with Gasteiger partial charge in [0.25, 0.3) is 5.91 Å². The highest BCUT2D eigenvalue weighted by Gasteiger charge is 2.42. The molecule has 23 heavy (non-hydrogen) atoms. The standard InChI is InChI=1S/C19H27NO3/c1-3-22-16-6-8-17(9-7-16)23-12-19(21)20-13(2)18-11-14-4-5-15(18)10-14/h6-9,13-15,18H,3-5,10-12H2,1-2H3,(H,20,21). The molecular formula is C19H27NO3. The largest absolute Gasteiger partial charge is 0.494 e. The lowest BCUT2D eigenvalue weighted by Crippen LogP contribution is -2.42. The van der Waals surface area contributed by atoms with Crippen LogP contribution in [-0.4, -0.2) is 25.2 Å². The first-order valence-electron chi connectivity index (χ1n) is 8.80. The van der Waals surface area contributed by atoms with Crippen LogP contribution in [0, 0.1) is 17.8 Å². The van der Waals surface area contributed by atoms with Gasteiger partial charge < -0.3 is 14.8 Å². The summed E-state index contributed by atoms with van der Waals surface area (Å²) in [5.41, 5.74) is 0. The molecule has 2 bridgehead atoms. The molecule has 1 amide bonds. The van der Waals surface area contributed by atoms with Crippen LogP contribution in [0.15, 0.2) is 24.3 Å². The Bertz CT molecular complexity index is 528. The number of benzene rings is 1. The number of carbonyl (C=O) groups is 1. The summed E-state index contributed by atoms with van der Waals surface area (Å²) >= 11 is 0. The first-order chi connectivity index (χ1) is 11.2. The fraction of sp³-hybridized carbons (Fsp3) is 0.632. The van der Waals surface area contributed by atoms with Gasteiger partial charge in [-0.2, -0.15) is 0 Å². The van der Waals surface area contributed by atoms with Gasteiger partial charge in [-0.3, -0.25) is 4.79 Å². The fourth-order valence-electron chi connectivity index (χ4n) is 4.26. The van der Waals surface area contributed by atoms with Crippen LogP contribution in [0.2, 0.25) is 0 Å². The predicted molar refractivity (Wildman–Crippen MR) is 89.6 cm³/mol. The van der Waals surface area contributed by atoms with E-state index in [4.69, 9.17) is 9.47 Å². The van der Waals surface area contributed by atoms with Gasteiger partial charge >= 0.3 is 0 Å². The molecule has 0 radical (unpaired) electrons. The van der Waals surface area contributed by atoms with Crippen LogP contribution in [0.1, 0.15) is 39.5 Å². The molecule has 0 saturated heterocycles. The van der Waals surface area contributed by atoms with E-state index in [1.54, 1.807) is 0 Å². The number of carbonyl (C=O) groups excluding carboxylic acids is 1. The molecule has 0 aromatic heterocycles. The van der Waals surface area contributed by atoms with Crippen LogP contribution in [0.5, 0.6) is 11.5 Å². The number of hydrogen-bond acceptors (Lipinski definition) is 3. The van der Waals surface area contributed by atoms with Crippen molar-refractivity contribution in [3.8, 4) is 11.5 Å². The molecular weight excluding hydrogens is 290 g/mol. The third-order valence-electron chi connectivity index (χ3n) is 5.33. The Morgan fingerprint density at radius 2 is 1.87 bits per heavy atom. The van der Waals surface area contributed by atoms with Gasteiger partial charge in [0, 0.05) is 6.04 Å². The molecule has 2 aliphatic carbocycles. The van der Waals surface area contributed by atoms with Crippen molar-refractivity contribution in [2.45, 2.75) is 45.6 Å². The maximum Gasteiger partial charge on any atom is 0.258 e. The SMILES string of the molecule is CCOc1ccc(OCC(=O)NC(C)C2CC3CCC2C3)cc1. The van der Waals surface area contributed by atoms with Crippen molar-refractivity contribution in [3.63, 3.8) is 0 Å². The van der Waals surface area contributed by atoms with E-state index in [2.05, 4.69) is 12.2 Å². The summed E-state index contributed by atoms with van der Waals surface area (Å²) in [4.78, 5) is 12.1. The molecule has 4 nitrogen and oxygen atoms in total. The second-order valence-electron chi connectivity index (χ2n) is 6.89. The van der Waals surface area contributed by atoms with Gasteiger partial charge in [0.2, 0.25) is 0 Å². The Hall–Kier alpha value is -1.71. The molecule has 2 saturated carbocycles. The van der Waals surface area contributed by atoms with Gasteiger partial charge in [0.15, 0.2) is 6.61 Å². The van der Waals surface area contributed by atoms with Gasteiger partial charge in [-0.25, -0.2) is 0 Å². The highest BCUT2D eigenvalue weighted by molar-refractivity contribution is 5.77. The lowest BCUT2D eigenvalue weighted by atomic mass is 9.84. The van der Waals surface area contributed by atoms with Crippen LogP contribution in [0.4, 0.5) is 0 Å². The number of fused-ring (bicyclic) bond motifs is 2. The Morgan fingerprint density at radius 1 is 1.17 bits per heavy atom. The normalized spacial score (nSPS) is 26.8. The summed E-state index contributed by atoms with van der Waals surface area (Å²) in [6.07, 6.45) is 5.39. The van der Waals surface area contributed by atoms with E-state index >= 15 is 0 Å². The molecule has 4 heteroatoms. The van der Waals surface area contributed by atoms with Crippen molar-refractivity contribution < 1.29 is 14.3 Å². The van der Waals surface area contributed by atoms with E-state index < -0.39 is 0 Å². The van der Waals surface area contributed by atoms with E-state index in [9.17, 15) is 4.79 Å². The summed E-state index contributed by atoms with van der Waals surface area (Å²) in [6.45, 7) is 4.80. The van der Waals surface area contributed by atoms with E-state index in [0.717, 1.165) is 17.6 Å². The van der Waals surface area contributed by atoms with Crippen molar-refractivity contribution in [2.24, 2.45) is 17.8 Å². The summed E-state index contributed by atoms with van der Waals surface area (Å²) in [7, 11) is 0. The molecule has 126 valence electrons. The van der Waals surface area contributed by atoms with E-state index in [0.29, 0.717) is 18.3 Å². The van der Waals surface area contributed by atoms with E-state index in [1.165, 1.54) is 25.7 Å². The van der Waals surface area contributed by atoms with Crippen molar-refractivity contribution >= 4 is 5.91 Å². The number of rotatable bonds is 7. The van der Waals surface area contributed by atoms with Gasteiger partial charge in [-0.05, 0) is 75.1 Å². The average Bonchev–Trinajstić information content (AvgIpc) is 3.17. The molecule has 2 aliphatic rings. The van der Waals surface area contributed by atoms with Gasteiger partial charge in [-0.15, -0.1) is 0 Å².